The smallest absolute Gasteiger partial charge is 0.306 e. The van der Waals surface area contributed by atoms with Crippen LogP contribution in [0.5, 0.6) is 0 Å². The molecule has 0 saturated carbocycles. The molecule has 0 radical (unpaired) electrons. The molecule has 0 aromatic rings. The Balaban J connectivity index is 3.54. The summed E-state index contributed by atoms with van der Waals surface area (Å²) in [5.41, 5.74) is 0. The number of aliphatic hydroxyl groups excluding tert-OH is 1. The van der Waals surface area contributed by atoms with Gasteiger partial charge in [0.05, 0.1) is 6.61 Å². The molecule has 0 aliphatic rings. The zero-order valence-electron chi connectivity index (χ0n) is 51.8. The highest BCUT2D eigenvalue weighted by atomic mass is 16.6. The van der Waals surface area contributed by atoms with Crippen molar-refractivity contribution in [3.63, 3.8) is 0 Å². The molecular formula is C75H122O5. The van der Waals surface area contributed by atoms with Gasteiger partial charge in [0.15, 0.2) is 6.10 Å². The number of carbonyl (C=O) groups excluding carboxylic acids is 2. The van der Waals surface area contributed by atoms with Crippen molar-refractivity contribution < 1.29 is 24.2 Å². The quantitative estimate of drug-likeness (QED) is 0.0373. The SMILES string of the molecule is CC/C=C\C/C=C\C/C=C\C/C=C\C/C=C\C/C=C\C/C=C\C/C=C\CCCCCCCCCCCCC(=O)OC(CO)COC(=O)CCCCCCCCCCCCCCCCC/C=C\C/C=C\C/C=C\C/C=C\C/C=C\CC. The van der Waals surface area contributed by atoms with E-state index in [1.807, 2.05) is 0 Å². The lowest BCUT2D eigenvalue weighted by atomic mass is 10.0. The average Bonchev–Trinajstić information content (AvgIpc) is 3.46. The van der Waals surface area contributed by atoms with Crippen molar-refractivity contribution in [3.8, 4) is 0 Å². The number of unbranched alkanes of at least 4 members (excludes halogenated alkanes) is 25. The number of esters is 2. The van der Waals surface area contributed by atoms with Crippen LogP contribution in [0.25, 0.3) is 0 Å². The number of carbonyl (C=O) groups is 2. The monoisotopic (exact) mass is 1100 g/mol. The number of aliphatic hydroxyl groups is 1. The molecule has 0 rings (SSSR count). The van der Waals surface area contributed by atoms with Gasteiger partial charge in [0, 0.05) is 12.8 Å². The Hall–Kier alpha value is -4.48. The first-order chi connectivity index (χ1) is 39.6. The molecule has 0 amide bonds. The van der Waals surface area contributed by atoms with Gasteiger partial charge in [0.1, 0.15) is 6.61 Å². The van der Waals surface area contributed by atoms with Crippen molar-refractivity contribution in [2.75, 3.05) is 13.2 Å². The number of rotatable bonds is 59. The van der Waals surface area contributed by atoms with Crippen LogP contribution < -0.4 is 0 Å². The third-order valence-electron chi connectivity index (χ3n) is 13.8. The summed E-state index contributed by atoms with van der Waals surface area (Å²) < 4.78 is 10.7. The van der Waals surface area contributed by atoms with Gasteiger partial charge >= 0.3 is 11.9 Å². The fourth-order valence-electron chi connectivity index (χ4n) is 8.95. The molecule has 0 heterocycles. The van der Waals surface area contributed by atoms with E-state index in [0.717, 1.165) is 122 Å². The predicted octanol–water partition coefficient (Wildman–Crippen LogP) is 23.1. The summed E-state index contributed by atoms with van der Waals surface area (Å²) in [7, 11) is 0. The van der Waals surface area contributed by atoms with Crippen LogP contribution >= 0.6 is 0 Å². The lowest BCUT2D eigenvalue weighted by Crippen LogP contribution is -2.28. The summed E-state index contributed by atoms with van der Waals surface area (Å²) in [4.78, 5) is 24.6. The maximum absolute atomic E-state index is 12.4. The Bertz CT molecular complexity index is 1730. The van der Waals surface area contributed by atoms with Crippen LogP contribution in [0.4, 0.5) is 0 Å². The summed E-state index contributed by atoms with van der Waals surface area (Å²) in [5.74, 6) is -0.598. The third-order valence-corrected chi connectivity index (χ3v) is 13.8. The summed E-state index contributed by atoms with van der Waals surface area (Å²) in [6.45, 7) is 3.92. The van der Waals surface area contributed by atoms with Crippen LogP contribution in [0.2, 0.25) is 0 Å². The Morgan fingerprint density at radius 2 is 0.500 bits per heavy atom. The maximum atomic E-state index is 12.4. The van der Waals surface area contributed by atoms with Crippen molar-refractivity contribution in [2.24, 2.45) is 0 Å². The summed E-state index contributed by atoms with van der Waals surface area (Å²) >= 11 is 0. The van der Waals surface area contributed by atoms with Crippen LogP contribution in [0.3, 0.4) is 0 Å². The van der Waals surface area contributed by atoms with Gasteiger partial charge in [-0.1, -0.05) is 307 Å². The molecule has 0 aromatic heterocycles. The van der Waals surface area contributed by atoms with Crippen LogP contribution in [-0.2, 0) is 19.1 Å². The largest absolute Gasteiger partial charge is 0.462 e. The zero-order chi connectivity index (χ0) is 57.6. The van der Waals surface area contributed by atoms with Crippen LogP contribution in [-0.4, -0.2) is 36.4 Å². The Morgan fingerprint density at radius 3 is 0.750 bits per heavy atom. The van der Waals surface area contributed by atoms with Gasteiger partial charge in [-0.25, -0.2) is 0 Å². The van der Waals surface area contributed by atoms with Crippen molar-refractivity contribution in [2.45, 2.75) is 290 Å². The highest BCUT2D eigenvalue weighted by Gasteiger charge is 2.16. The molecule has 1 unspecified atom stereocenters. The molecule has 0 fully saturated rings. The van der Waals surface area contributed by atoms with Gasteiger partial charge in [0.2, 0.25) is 0 Å². The van der Waals surface area contributed by atoms with E-state index >= 15 is 0 Å². The molecule has 1 atom stereocenters. The van der Waals surface area contributed by atoms with Crippen LogP contribution in [0.15, 0.2) is 158 Å². The first-order valence-corrected chi connectivity index (χ1v) is 33.0. The second-order valence-electron chi connectivity index (χ2n) is 21.4. The minimum absolute atomic E-state index is 0.0748. The molecule has 452 valence electrons. The highest BCUT2D eigenvalue weighted by Crippen LogP contribution is 2.16. The standard InChI is InChI=1S/C75H122O5/c1-3-5-7-9-11-13-15-17-19-21-23-25-27-29-31-33-35-36-37-38-40-42-44-46-48-50-52-54-56-58-60-62-64-66-68-70-75(78)80-73(71-76)72-79-74(77)69-67-65-63-61-59-57-55-53-51-49-47-45-43-41-39-34-32-30-28-26-24-22-20-18-16-14-12-10-8-6-4-2/h5-8,11-14,17-20,23-26,29-32,35-36,38,40,44,46,73,76H,3-4,9-10,15-16,21-22,27-28,33-34,37,39,41-43,45,47-72H2,1-2H3/b7-5-,8-6-,13-11-,14-12-,19-17-,20-18-,25-23-,26-24-,31-29-,32-30-,36-35-,40-38-,46-44-. The van der Waals surface area contributed by atoms with E-state index in [1.165, 1.54) is 135 Å². The maximum Gasteiger partial charge on any atom is 0.306 e. The van der Waals surface area contributed by atoms with E-state index in [-0.39, 0.29) is 25.2 Å². The molecule has 0 aromatic carbocycles. The first kappa shape index (κ1) is 75.5. The highest BCUT2D eigenvalue weighted by molar-refractivity contribution is 5.70. The van der Waals surface area contributed by atoms with Gasteiger partial charge in [-0.05, 0) is 122 Å². The average molecular weight is 1100 g/mol. The molecule has 0 spiro atoms. The lowest BCUT2D eigenvalue weighted by molar-refractivity contribution is -0.161. The van der Waals surface area contributed by atoms with E-state index in [9.17, 15) is 14.7 Å². The van der Waals surface area contributed by atoms with Gasteiger partial charge in [-0.15, -0.1) is 0 Å². The van der Waals surface area contributed by atoms with Gasteiger partial charge < -0.3 is 14.6 Å². The molecule has 0 aliphatic carbocycles. The van der Waals surface area contributed by atoms with Crippen molar-refractivity contribution in [1.29, 1.82) is 0 Å². The zero-order valence-corrected chi connectivity index (χ0v) is 51.8. The van der Waals surface area contributed by atoms with E-state index in [4.69, 9.17) is 9.47 Å². The molecule has 0 saturated heterocycles. The Kier molecular flexibility index (Phi) is 64.9. The predicted molar refractivity (Wildman–Crippen MR) is 352 cm³/mol. The molecule has 5 nitrogen and oxygen atoms in total. The minimum atomic E-state index is -0.786. The normalized spacial score (nSPS) is 13.3. The second kappa shape index (κ2) is 68.8. The fraction of sp³-hybridized carbons (Fsp3) is 0.627. The molecule has 1 N–H and O–H groups in total. The fourth-order valence-corrected chi connectivity index (χ4v) is 8.95. The number of allylic oxidation sites excluding steroid dienone is 26. The van der Waals surface area contributed by atoms with Crippen molar-refractivity contribution >= 4 is 11.9 Å². The second-order valence-corrected chi connectivity index (χ2v) is 21.4. The molecular weight excluding hydrogens is 981 g/mol. The first-order valence-electron chi connectivity index (χ1n) is 33.0. The molecule has 0 aliphatic heterocycles. The van der Waals surface area contributed by atoms with Crippen LogP contribution in [0.1, 0.15) is 284 Å². The van der Waals surface area contributed by atoms with Crippen molar-refractivity contribution in [3.05, 3.63) is 158 Å². The van der Waals surface area contributed by atoms with Gasteiger partial charge in [-0.3, -0.25) is 9.59 Å². The summed E-state index contributed by atoms with van der Waals surface area (Å²) in [6.07, 6.45) is 105. The molecule has 80 heavy (non-hydrogen) atoms. The van der Waals surface area contributed by atoms with Gasteiger partial charge in [-0.2, -0.15) is 0 Å². The van der Waals surface area contributed by atoms with E-state index < -0.39 is 6.10 Å². The lowest BCUT2D eigenvalue weighted by Gasteiger charge is -2.15. The topological polar surface area (TPSA) is 72.8 Å². The van der Waals surface area contributed by atoms with Crippen LogP contribution in [0, 0.1) is 0 Å². The van der Waals surface area contributed by atoms with Crippen molar-refractivity contribution in [1.82, 2.24) is 0 Å². The van der Waals surface area contributed by atoms with E-state index in [2.05, 4.69) is 172 Å². The number of ether oxygens (including phenoxy) is 2. The minimum Gasteiger partial charge on any atom is -0.462 e. The molecule has 0 bridgehead atoms. The van der Waals surface area contributed by atoms with E-state index in [0.29, 0.717) is 12.8 Å². The summed E-state index contributed by atoms with van der Waals surface area (Å²) in [6, 6.07) is 0. The summed E-state index contributed by atoms with van der Waals surface area (Å²) in [5, 5.41) is 9.70. The Labute approximate surface area is 494 Å². The molecule has 5 heteroatoms. The van der Waals surface area contributed by atoms with E-state index in [1.54, 1.807) is 0 Å². The number of hydrogen-bond acceptors (Lipinski definition) is 5. The third kappa shape index (κ3) is 66.0. The van der Waals surface area contributed by atoms with Gasteiger partial charge in [0.25, 0.3) is 0 Å². The number of hydrogen-bond donors (Lipinski definition) is 1. The Morgan fingerprint density at radius 1 is 0.287 bits per heavy atom.